The monoisotopic (exact) mass is 373 g/mol. The summed E-state index contributed by atoms with van der Waals surface area (Å²) in [6.45, 7) is 2.56. The minimum atomic E-state index is -0.374. The van der Waals surface area contributed by atoms with E-state index in [2.05, 4.69) is 21.2 Å². The van der Waals surface area contributed by atoms with Crippen LogP contribution in [0.4, 0.5) is 8.78 Å². The predicted octanol–water partition coefficient (Wildman–Crippen LogP) is 5.27. The summed E-state index contributed by atoms with van der Waals surface area (Å²) in [6.07, 6.45) is 0.284. The molecule has 0 aliphatic heterocycles. The number of nitrogens with one attached hydrogen (secondary N) is 1. The van der Waals surface area contributed by atoms with Gasteiger partial charge in [-0.15, -0.1) is 0 Å². The first-order valence-corrected chi connectivity index (χ1v) is 7.81. The second-order valence-corrected chi connectivity index (χ2v) is 5.92. The summed E-state index contributed by atoms with van der Waals surface area (Å²) in [5.74, 6) is -0.711. The van der Waals surface area contributed by atoms with Crippen LogP contribution in [0.5, 0.6) is 0 Å². The van der Waals surface area contributed by atoms with Crippen molar-refractivity contribution >= 4 is 27.5 Å². The van der Waals surface area contributed by atoms with Crippen LogP contribution >= 0.6 is 27.5 Å². The molecule has 1 unspecified atom stereocenters. The van der Waals surface area contributed by atoms with Crippen LogP contribution in [0.1, 0.15) is 24.1 Å². The molecule has 21 heavy (non-hydrogen) atoms. The molecule has 2 rings (SSSR count). The Bertz CT molecular complexity index is 613. The van der Waals surface area contributed by atoms with Crippen molar-refractivity contribution in [3.05, 3.63) is 68.7 Å². The van der Waals surface area contributed by atoms with Crippen LogP contribution in [-0.2, 0) is 6.42 Å². The minimum absolute atomic E-state index is 0.284. The molecular formula is C16H15BrClF2N. The number of rotatable bonds is 5. The Kier molecular flexibility index (Phi) is 5.73. The van der Waals surface area contributed by atoms with E-state index in [0.717, 1.165) is 0 Å². The molecule has 112 valence electrons. The Morgan fingerprint density at radius 3 is 2.57 bits per heavy atom. The van der Waals surface area contributed by atoms with Crippen molar-refractivity contribution in [3.8, 4) is 0 Å². The molecule has 0 radical (unpaired) electrons. The summed E-state index contributed by atoms with van der Waals surface area (Å²) < 4.78 is 28.6. The summed E-state index contributed by atoms with van der Waals surface area (Å²) in [6, 6.07) is 9.31. The standard InChI is InChI=1S/C16H15BrClF2N/c1-2-21-15(10-5-3-6-12(17)16(10)20)9-11-13(18)7-4-8-14(11)19/h3-8,15,21H,2,9H2,1H3. The van der Waals surface area contributed by atoms with Gasteiger partial charge in [-0.3, -0.25) is 0 Å². The molecule has 0 saturated heterocycles. The summed E-state index contributed by atoms with van der Waals surface area (Å²) in [4.78, 5) is 0. The predicted molar refractivity (Wildman–Crippen MR) is 85.6 cm³/mol. The molecule has 0 spiro atoms. The Labute approximate surface area is 136 Å². The topological polar surface area (TPSA) is 12.0 Å². The zero-order valence-corrected chi connectivity index (χ0v) is 13.8. The van der Waals surface area contributed by atoms with Crippen molar-refractivity contribution in [1.82, 2.24) is 5.32 Å². The van der Waals surface area contributed by atoms with Crippen molar-refractivity contribution < 1.29 is 8.78 Å². The second-order valence-electron chi connectivity index (χ2n) is 4.66. The quantitative estimate of drug-likeness (QED) is 0.751. The molecule has 5 heteroatoms. The molecule has 0 aromatic heterocycles. The highest BCUT2D eigenvalue weighted by atomic mass is 79.9. The molecule has 1 nitrogen and oxygen atoms in total. The number of hydrogen-bond donors (Lipinski definition) is 1. The van der Waals surface area contributed by atoms with Crippen molar-refractivity contribution in [3.63, 3.8) is 0 Å². The molecule has 0 bridgehead atoms. The normalized spacial score (nSPS) is 12.4. The maximum atomic E-state index is 14.3. The lowest BCUT2D eigenvalue weighted by molar-refractivity contribution is 0.496. The SMILES string of the molecule is CCNC(Cc1c(F)cccc1Cl)c1cccc(Br)c1F. The fourth-order valence-corrected chi connectivity index (χ4v) is 2.88. The average molecular weight is 375 g/mol. The van der Waals surface area contributed by atoms with Gasteiger partial charge in [-0.05, 0) is 47.1 Å². The third kappa shape index (κ3) is 3.82. The van der Waals surface area contributed by atoms with Crippen LogP contribution in [0.15, 0.2) is 40.9 Å². The van der Waals surface area contributed by atoms with Gasteiger partial charge in [-0.2, -0.15) is 0 Å². The molecule has 0 fully saturated rings. The van der Waals surface area contributed by atoms with Crippen molar-refractivity contribution in [2.24, 2.45) is 0 Å². The van der Waals surface area contributed by atoms with E-state index in [1.165, 1.54) is 6.07 Å². The third-order valence-electron chi connectivity index (χ3n) is 3.28. The maximum absolute atomic E-state index is 14.3. The summed E-state index contributed by atoms with van der Waals surface area (Å²) >= 11 is 9.24. The highest BCUT2D eigenvalue weighted by Gasteiger charge is 2.20. The van der Waals surface area contributed by atoms with E-state index in [4.69, 9.17) is 11.6 Å². The van der Waals surface area contributed by atoms with Gasteiger partial charge in [0, 0.05) is 22.2 Å². The lowest BCUT2D eigenvalue weighted by Gasteiger charge is -2.20. The van der Waals surface area contributed by atoms with E-state index in [0.29, 0.717) is 27.2 Å². The number of hydrogen-bond acceptors (Lipinski definition) is 1. The van der Waals surface area contributed by atoms with Gasteiger partial charge in [0.15, 0.2) is 0 Å². The molecule has 1 atom stereocenters. The van der Waals surface area contributed by atoms with Gasteiger partial charge in [0.2, 0.25) is 0 Å². The molecule has 0 aliphatic carbocycles. The van der Waals surface area contributed by atoms with E-state index < -0.39 is 0 Å². The molecule has 0 saturated carbocycles. The smallest absolute Gasteiger partial charge is 0.142 e. The van der Waals surface area contributed by atoms with Gasteiger partial charge in [0.1, 0.15) is 11.6 Å². The Morgan fingerprint density at radius 1 is 1.19 bits per heavy atom. The van der Waals surface area contributed by atoms with Crippen LogP contribution in [0.25, 0.3) is 0 Å². The Morgan fingerprint density at radius 2 is 1.90 bits per heavy atom. The van der Waals surface area contributed by atoms with E-state index in [1.54, 1.807) is 30.3 Å². The van der Waals surface area contributed by atoms with E-state index in [-0.39, 0.29) is 24.1 Å². The minimum Gasteiger partial charge on any atom is -0.310 e. The van der Waals surface area contributed by atoms with Crippen LogP contribution < -0.4 is 5.32 Å². The average Bonchev–Trinajstić information content (AvgIpc) is 2.45. The molecule has 0 heterocycles. The highest BCUT2D eigenvalue weighted by molar-refractivity contribution is 9.10. The third-order valence-corrected chi connectivity index (χ3v) is 4.24. The zero-order chi connectivity index (χ0) is 15.4. The summed E-state index contributed by atoms with van der Waals surface area (Å²) in [5, 5.41) is 3.54. The fourth-order valence-electron chi connectivity index (χ4n) is 2.26. The fraction of sp³-hybridized carbons (Fsp3) is 0.250. The van der Waals surface area contributed by atoms with Crippen LogP contribution in [-0.4, -0.2) is 6.54 Å². The van der Waals surface area contributed by atoms with Crippen molar-refractivity contribution in [2.45, 2.75) is 19.4 Å². The lowest BCUT2D eigenvalue weighted by atomic mass is 9.98. The first-order valence-electron chi connectivity index (χ1n) is 6.64. The number of halogens is 4. The highest BCUT2D eigenvalue weighted by Crippen LogP contribution is 2.29. The molecule has 1 N–H and O–H groups in total. The molecular weight excluding hydrogens is 360 g/mol. The number of likely N-dealkylation sites (N-methyl/N-ethyl adjacent to an activating group) is 1. The van der Waals surface area contributed by atoms with Crippen LogP contribution in [0, 0.1) is 11.6 Å². The summed E-state index contributed by atoms with van der Waals surface area (Å²) in [7, 11) is 0. The Balaban J connectivity index is 2.38. The lowest BCUT2D eigenvalue weighted by Crippen LogP contribution is -2.24. The first kappa shape index (κ1) is 16.4. The van der Waals surface area contributed by atoms with E-state index in [1.807, 2.05) is 6.92 Å². The molecule has 2 aromatic carbocycles. The van der Waals surface area contributed by atoms with Crippen molar-refractivity contribution in [1.29, 1.82) is 0 Å². The van der Waals surface area contributed by atoms with Gasteiger partial charge in [0.05, 0.1) is 4.47 Å². The van der Waals surface area contributed by atoms with Gasteiger partial charge in [-0.25, -0.2) is 8.78 Å². The molecule has 0 amide bonds. The Hall–Kier alpha value is -0.970. The second kappa shape index (κ2) is 7.34. The van der Waals surface area contributed by atoms with E-state index in [9.17, 15) is 8.78 Å². The zero-order valence-electron chi connectivity index (χ0n) is 11.5. The van der Waals surface area contributed by atoms with Crippen molar-refractivity contribution in [2.75, 3.05) is 6.54 Å². The van der Waals surface area contributed by atoms with Gasteiger partial charge < -0.3 is 5.32 Å². The van der Waals surface area contributed by atoms with Crippen LogP contribution in [0.2, 0.25) is 5.02 Å². The van der Waals surface area contributed by atoms with Gasteiger partial charge in [0.25, 0.3) is 0 Å². The van der Waals surface area contributed by atoms with Crippen LogP contribution in [0.3, 0.4) is 0 Å². The summed E-state index contributed by atoms with van der Waals surface area (Å²) in [5.41, 5.74) is 0.884. The van der Waals surface area contributed by atoms with E-state index >= 15 is 0 Å². The first-order chi connectivity index (χ1) is 10.0. The van der Waals surface area contributed by atoms with Gasteiger partial charge in [-0.1, -0.05) is 36.7 Å². The number of benzene rings is 2. The largest absolute Gasteiger partial charge is 0.310 e. The molecule has 0 aliphatic rings. The van der Waals surface area contributed by atoms with Gasteiger partial charge >= 0.3 is 0 Å². The maximum Gasteiger partial charge on any atom is 0.142 e. The molecule has 2 aromatic rings.